The van der Waals surface area contributed by atoms with Crippen molar-refractivity contribution >= 4 is 27.5 Å². The molecule has 2 rings (SSSR count). The lowest BCUT2D eigenvalue weighted by Gasteiger charge is -2.13. The number of carbonyl (C=O) groups is 1. The number of amides is 1. The van der Waals surface area contributed by atoms with E-state index in [0.717, 1.165) is 26.7 Å². The summed E-state index contributed by atoms with van der Waals surface area (Å²) in [6.07, 6.45) is 0. The molecular formula is C16H17BrN2O2. The molecule has 0 aliphatic heterocycles. The van der Waals surface area contributed by atoms with E-state index in [1.165, 1.54) is 0 Å². The molecule has 4 nitrogen and oxygen atoms in total. The Labute approximate surface area is 132 Å². The van der Waals surface area contributed by atoms with E-state index >= 15 is 0 Å². The third kappa shape index (κ3) is 2.94. The summed E-state index contributed by atoms with van der Waals surface area (Å²) >= 11 is 3.44. The number of hydrogen-bond acceptors (Lipinski definition) is 3. The SMILES string of the molecule is CNC(=O)c1ccc(-c2ccc(CO)c(Br)c2)c(C)c1N. The van der Waals surface area contributed by atoms with Gasteiger partial charge in [0.25, 0.3) is 5.91 Å². The predicted octanol–water partition coefficient (Wildman–Crippen LogP) is 2.86. The number of halogens is 1. The largest absolute Gasteiger partial charge is 0.398 e. The average Bonchev–Trinajstić information content (AvgIpc) is 2.49. The Morgan fingerprint density at radius 3 is 2.62 bits per heavy atom. The molecule has 5 heteroatoms. The molecular weight excluding hydrogens is 332 g/mol. The maximum absolute atomic E-state index is 11.7. The van der Waals surface area contributed by atoms with Gasteiger partial charge in [0.15, 0.2) is 0 Å². The van der Waals surface area contributed by atoms with Crippen LogP contribution in [0, 0.1) is 6.92 Å². The highest BCUT2D eigenvalue weighted by molar-refractivity contribution is 9.10. The number of nitrogens with one attached hydrogen (secondary N) is 1. The lowest BCUT2D eigenvalue weighted by molar-refractivity contribution is 0.0964. The molecule has 0 aromatic heterocycles. The van der Waals surface area contributed by atoms with Gasteiger partial charge >= 0.3 is 0 Å². The fourth-order valence-corrected chi connectivity index (χ4v) is 2.72. The first-order valence-electron chi connectivity index (χ1n) is 6.50. The van der Waals surface area contributed by atoms with Crippen LogP contribution in [0.25, 0.3) is 11.1 Å². The minimum Gasteiger partial charge on any atom is -0.398 e. The van der Waals surface area contributed by atoms with Crippen molar-refractivity contribution in [3.8, 4) is 11.1 Å². The molecule has 0 saturated carbocycles. The van der Waals surface area contributed by atoms with Crippen LogP contribution in [0.1, 0.15) is 21.5 Å². The Kier molecular flexibility index (Phi) is 4.65. The van der Waals surface area contributed by atoms with Crippen LogP contribution in [0.2, 0.25) is 0 Å². The Balaban J connectivity index is 2.53. The highest BCUT2D eigenvalue weighted by Crippen LogP contribution is 2.32. The summed E-state index contributed by atoms with van der Waals surface area (Å²) in [5.41, 5.74) is 10.7. The number of nitrogen functional groups attached to an aromatic ring is 1. The van der Waals surface area contributed by atoms with Crippen molar-refractivity contribution in [3.63, 3.8) is 0 Å². The van der Waals surface area contributed by atoms with Crippen LogP contribution in [0.5, 0.6) is 0 Å². The van der Waals surface area contributed by atoms with Gasteiger partial charge in [0.2, 0.25) is 0 Å². The minimum absolute atomic E-state index is 0.0163. The third-order valence-electron chi connectivity index (χ3n) is 3.52. The quantitative estimate of drug-likeness (QED) is 0.746. The van der Waals surface area contributed by atoms with E-state index in [1.54, 1.807) is 13.1 Å². The van der Waals surface area contributed by atoms with Crippen LogP contribution in [0.15, 0.2) is 34.8 Å². The molecule has 21 heavy (non-hydrogen) atoms. The molecule has 0 aliphatic carbocycles. The molecule has 2 aromatic carbocycles. The highest BCUT2D eigenvalue weighted by atomic mass is 79.9. The van der Waals surface area contributed by atoms with Gasteiger partial charge in [0, 0.05) is 17.2 Å². The van der Waals surface area contributed by atoms with Crippen molar-refractivity contribution < 1.29 is 9.90 Å². The highest BCUT2D eigenvalue weighted by Gasteiger charge is 2.14. The normalized spacial score (nSPS) is 10.5. The van der Waals surface area contributed by atoms with Gasteiger partial charge in [0.05, 0.1) is 12.2 Å². The fraction of sp³-hybridized carbons (Fsp3) is 0.188. The molecule has 2 aromatic rings. The van der Waals surface area contributed by atoms with Crippen LogP contribution in [-0.2, 0) is 6.61 Å². The summed E-state index contributed by atoms with van der Waals surface area (Å²) in [5.74, 6) is -0.195. The lowest BCUT2D eigenvalue weighted by Crippen LogP contribution is -2.19. The second-order valence-electron chi connectivity index (χ2n) is 4.74. The second-order valence-corrected chi connectivity index (χ2v) is 5.60. The van der Waals surface area contributed by atoms with Gasteiger partial charge in [-0.15, -0.1) is 0 Å². The molecule has 0 spiro atoms. The van der Waals surface area contributed by atoms with Gasteiger partial charge in [-0.2, -0.15) is 0 Å². The number of hydrogen-bond donors (Lipinski definition) is 3. The number of aliphatic hydroxyl groups excluding tert-OH is 1. The van der Waals surface area contributed by atoms with Crippen molar-refractivity contribution in [1.29, 1.82) is 0 Å². The maximum Gasteiger partial charge on any atom is 0.253 e. The molecule has 0 atom stereocenters. The van der Waals surface area contributed by atoms with Crippen molar-refractivity contribution in [2.75, 3.05) is 12.8 Å². The molecule has 0 saturated heterocycles. The van der Waals surface area contributed by atoms with E-state index < -0.39 is 0 Å². The van der Waals surface area contributed by atoms with E-state index in [4.69, 9.17) is 5.73 Å². The number of anilines is 1. The van der Waals surface area contributed by atoms with Crippen molar-refractivity contribution in [2.24, 2.45) is 0 Å². The molecule has 0 unspecified atom stereocenters. The summed E-state index contributed by atoms with van der Waals surface area (Å²) in [4.78, 5) is 11.7. The van der Waals surface area contributed by atoms with Crippen LogP contribution in [0.3, 0.4) is 0 Å². The molecule has 0 radical (unpaired) electrons. The zero-order chi connectivity index (χ0) is 15.6. The van der Waals surface area contributed by atoms with Gasteiger partial charge in [-0.05, 0) is 41.3 Å². The molecule has 0 bridgehead atoms. The first-order valence-corrected chi connectivity index (χ1v) is 7.29. The minimum atomic E-state index is -0.195. The fourth-order valence-electron chi connectivity index (χ4n) is 2.22. The van der Waals surface area contributed by atoms with E-state index in [-0.39, 0.29) is 12.5 Å². The smallest absolute Gasteiger partial charge is 0.253 e. The zero-order valence-electron chi connectivity index (χ0n) is 11.9. The maximum atomic E-state index is 11.7. The summed E-state index contributed by atoms with van der Waals surface area (Å²) in [5, 5.41) is 11.8. The van der Waals surface area contributed by atoms with E-state index in [9.17, 15) is 9.90 Å². The first kappa shape index (κ1) is 15.5. The number of carbonyl (C=O) groups excluding carboxylic acids is 1. The third-order valence-corrected chi connectivity index (χ3v) is 4.26. The van der Waals surface area contributed by atoms with Gasteiger partial charge in [-0.1, -0.05) is 34.1 Å². The van der Waals surface area contributed by atoms with Gasteiger partial charge in [0.1, 0.15) is 0 Å². The molecule has 0 fully saturated rings. The Morgan fingerprint density at radius 1 is 1.33 bits per heavy atom. The number of nitrogens with two attached hydrogens (primary N) is 1. The summed E-state index contributed by atoms with van der Waals surface area (Å²) in [7, 11) is 1.58. The van der Waals surface area contributed by atoms with Crippen LogP contribution < -0.4 is 11.1 Å². The Hall–Kier alpha value is -1.85. The van der Waals surface area contributed by atoms with E-state index in [2.05, 4.69) is 21.2 Å². The lowest BCUT2D eigenvalue weighted by atomic mass is 9.95. The number of rotatable bonds is 3. The average molecular weight is 349 g/mol. The number of aliphatic hydroxyl groups is 1. The van der Waals surface area contributed by atoms with Gasteiger partial charge in [-0.25, -0.2) is 0 Å². The van der Waals surface area contributed by atoms with E-state index in [0.29, 0.717) is 11.3 Å². The van der Waals surface area contributed by atoms with Crippen LogP contribution in [-0.4, -0.2) is 18.1 Å². The summed E-state index contributed by atoms with van der Waals surface area (Å²) in [6, 6.07) is 9.34. The monoisotopic (exact) mass is 348 g/mol. The summed E-state index contributed by atoms with van der Waals surface area (Å²) < 4.78 is 0.843. The van der Waals surface area contributed by atoms with Gasteiger partial charge < -0.3 is 16.2 Å². The van der Waals surface area contributed by atoms with Crippen molar-refractivity contribution in [3.05, 3.63) is 51.5 Å². The molecule has 110 valence electrons. The predicted molar refractivity (Wildman–Crippen MR) is 88.0 cm³/mol. The molecule has 1 amide bonds. The van der Waals surface area contributed by atoms with Crippen molar-refractivity contribution in [2.45, 2.75) is 13.5 Å². The van der Waals surface area contributed by atoms with E-state index in [1.807, 2.05) is 31.2 Å². The Morgan fingerprint density at radius 2 is 2.05 bits per heavy atom. The Bertz CT molecular complexity index is 699. The second kappa shape index (κ2) is 6.28. The molecule has 0 heterocycles. The topological polar surface area (TPSA) is 75.3 Å². The zero-order valence-corrected chi connectivity index (χ0v) is 13.5. The van der Waals surface area contributed by atoms with Gasteiger partial charge in [-0.3, -0.25) is 4.79 Å². The van der Waals surface area contributed by atoms with Crippen LogP contribution >= 0.6 is 15.9 Å². The summed E-state index contributed by atoms with van der Waals surface area (Å²) in [6.45, 7) is 1.88. The molecule has 0 aliphatic rings. The number of benzene rings is 2. The van der Waals surface area contributed by atoms with Crippen LogP contribution in [0.4, 0.5) is 5.69 Å². The standard InChI is InChI=1S/C16H17BrN2O2/c1-9-12(5-6-13(15(9)18)16(21)19-2)10-3-4-11(8-20)14(17)7-10/h3-7,20H,8,18H2,1-2H3,(H,19,21). The molecule has 4 N–H and O–H groups in total. The first-order chi connectivity index (χ1) is 9.99. The van der Waals surface area contributed by atoms with Crippen molar-refractivity contribution in [1.82, 2.24) is 5.32 Å².